The van der Waals surface area contributed by atoms with E-state index in [9.17, 15) is 4.79 Å². The van der Waals surface area contributed by atoms with Crippen LogP contribution in [0.4, 0.5) is 0 Å². The summed E-state index contributed by atoms with van der Waals surface area (Å²) in [6, 6.07) is 11.9. The summed E-state index contributed by atoms with van der Waals surface area (Å²) in [5.41, 5.74) is 1.91. The quantitative estimate of drug-likeness (QED) is 0.803. The van der Waals surface area contributed by atoms with E-state index >= 15 is 0 Å². The number of carbonyl (C=O) groups is 1. The van der Waals surface area contributed by atoms with Gasteiger partial charge in [0.15, 0.2) is 0 Å². The molecular formula is C13H14N2O. The van der Waals surface area contributed by atoms with Crippen LogP contribution in [0.3, 0.4) is 0 Å². The Bertz CT molecular complexity index is 434. The summed E-state index contributed by atoms with van der Waals surface area (Å²) in [6.45, 7) is 0.661. The molecule has 0 aliphatic rings. The van der Waals surface area contributed by atoms with Gasteiger partial charge in [-0.2, -0.15) is 0 Å². The van der Waals surface area contributed by atoms with Gasteiger partial charge >= 0.3 is 0 Å². The first-order valence-corrected chi connectivity index (χ1v) is 5.31. The molecule has 0 fully saturated rings. The summed E-state index contributed by atoms with van der Waals surface area (Å²) >= 11 is 0. The van der Waals surface area contributed by atoms with Crippen molar-refractivity contribution < 1.29 is 4.79 Å². The van der Waals surface area contributed by atoms with Crippen LogP contribution in [0, 0.1) is 0 Å². The predicted octanol–water partition coefficient (Wildman–Crippen LogP) is 1.99. The smallest absolute Gasteiger partial charge is 0.252 e. The first-order chi connectivity index (χ1) is 7.86. The second kappa shape index (κ2) is 5.16. The van der Waals surface area contributed by atoms with Gasteiger partial charge in [0, 0.05) is 18.9 Å². The van der Waals surface area contributed by atoms with E-state index in [1.807, 2.05) is 18.2 Å². The van der Waals surface area contributed by atoms with Gasteiger partial charge in [0.25, 0.3) is 5.91 Å². The molecule has 0 saturated heterocycles. The fourth-order valence-corrected chi connectivity index (χ4v) is 1.53. The van der Waals surface area contributed by atoms with Gasteiger partial charge in [-0.25, -0.2) is 0 Å². The lowest BCUT2D eigenvalue weighted by atomic mass is 10.1. The second-order valence-corrected chi connectivity index (χ2v) is 3.59. The summed E-state index contributed by atoms with van der Waals surface area (Å²) < 4.78 is 0. The molecule has 0 saturated carbocycles. The number of benzene rings is 1. The Morgan fingerprint density at radius 2 is 2.00 bits per heavy atom. The zero-order valence-electron chi connectivity index (χ0n) is 8.94. The molecule has 3 nitrogen and oxygen atoms in total. The minimum atomic E-state index is -0.0304. The highest BCUT2D eigenvalue weighted by atomic mass is 16.1. The number of hydrogen-bond donors (Lipinski definition) is 2. The monoisotopic (exact) mass is 214 g/mol. The van der Waals surface area contributed by atoms with Gasteiger partial charge in [0.2, 0.25) is 0 Å². The van der Waals surface area contributed by atoms with E-state index in [2.05, 4.69) is 22.4 Å². The van der Waals surface area contributed by atoms with Crippen molar-refractivity contribution >= 4 is 5.91 Å². The largest absolute Gasteiger partial charge is 0.367 e. The SMILES string of the molecule is O=C(NCCc1ccccc1)c1cc[nH]c1. The average molecular weight is 214 g/mol. The van der Waals surface area contributed by atoms with E-state index < -0.39 is 0 Å². The maximum atomic E-state index is 11.6. The number of H-pyrrole nitrogens is 1. The third kappa shape index (κ3) is 2.73. The van der Waals surface area contributed by atoms with E-state index in [1.54, 1.807) is 18.5 Å². The molecule has 0 unspecified atom stereocenters. The fourth-order valence-electron chi connectivity index (χ4n) is 1.53. The molecule has 1 heterocycles. The predicted molar refractivity (Wildman–Crippen MR) is 63.3 cm³/mol. The van der Waals surface area contributed by atoms with E-state index in [0.717, 1.165) is 6.42 Å². The van der Waals surface area contributed by atoms with Crippen molar-refractivity contribution in [1.82, 2.24) is 10.3 Å². The first-order valence-electron chi connectivity index (χ1n) is 5.31. The highest BCUT2D eigenvalue weighted by Crippen LogP contribution is 1.99. The topological polar surface area (TPSA) is 44.9 Å². The van der Waals surface area contributed by atoms with Crippen LogP contribution >= 0.6 is 0 Å². The molecule has 0 radical (unpaired) electrons. The molecule has 2 N–H and O–H groups in total. The van der Waals surface area contributed by atoms with Gasteiger partial charge in [-0.15, -0.1) is 0 Å². The van der Waals surface area contributed by atoms with Gasteiger partial charge < -0.3 is 10.3 Å². The van der Waals surface area contributed by atoms with E-state index in [-0.39, 0.29) is 5.91 Å². The fraction of sp³-hybridized carbons (Fsp3) is 0.154. The Morgan fingerprint density at radius 1 is 1.19 bits per heavy atom. The molecule has 0 atom stereocenters. The highest BCUT2D eigenvalue weighted by molar-refractivity contribution is 5.93. The van der Waals surface area contributed by atoms with Crippen LogP contribution in [-0.2, 0) is 6.42 Å². The molecular weight excluding hydrogens is 200 g/mol. The zero-order chi connectivity index (χ0) is 11.2. The molecule has 82 valence electrons. The second-order valence-electron chi connectivity index (χ2n) is 3.59. The van der Waals surface area contributed by atoms with Crippen LogP contribution in [0.5, 0.6) is 0 Å². The lowest BCUT2D eigenvalue weighted by Crippen LogP contribution is -2.25. The third-order valence-corrected chi connectivity index (χ3v) is 2.40. The molecule has 1 amide bonds. The Labute approximate surface area is 94.5 Å². The number of amides is 1. The maximum Gasteiger partial charge on any atom is 0.252 e. The van der Waals surface area contributed by atoms with Crippen molar-refractivity contribution in [3.05, 3.63) is 59.9 Å². The lowest BCUT2D eigenvalue weighted by molar-refractivity contribution is 0.0954. The van der Waals surface area contributed by atoms with Gasteiger partial charge in [0.1, 0.15) is 0 Å². The van der Waals surface area contributed by atoms with Crippen LogP contribution in [0.1, 0.15) is 15.9 Å². The zero-order valence-corrected chi connectivity index (χ0v) is 8.94. The number of rotatable bonds is 4. The first kappa shape index (κ1) is 10.5. The molecule has 0 spiro atoms. The Hall–Kier alpha value is -2.03. The van der Waals surface area contributed by atoms with Crippen LogP contribution in [0.15, 0.2) is 48.8 Å². The molecule has 1 aromatic heterocycles. The highest BCUT2D eigenvalue weighted by Gasteiger charge is 2.03. The van der Waals surface area contributed by atoms with Crippen molar-refractivity contribution in [2.75, 3.05) is 6.54 Å². The molecule has 3 heteroatoms. The Balaban J connectivity index is 1.79. The average Bonchev–Trinajstić information content (AvgIpc) is 2.84. The molecule has 2 rings (SSSR count). The summed E-state index contributed by atoms with van der Waals surface area (Å²) in [7, 11) is 0. The van der Waals surface area contributed by atoms with Crippen molar-refractivity contribution in [1.29, 1.82) is 0 Å². The van der Waals surface area contributed by atoms with E-state index in [4.69, 9.17) is 0 Å². The molecule has 16 heavy (non-hydrogen) atoms. The number of hydrogen-bond acceptors (Lipinski definition) is 1. The number of nitrogens with one attached hydrogen (secondary N) is 2. The van der Waals surface area contributed by atoms with Gasteiger partial charge in [-0.05, 0) is 18.1 Å². The normalized spacial score (nSPS) is 10.0. The maximum absolute atomic E-state index is 11.6. The van der Waals surface area contributed by atoms with Crippen molar-refractivity contribution in [2.24, 2.45) is 0 Å². The number of aromatic amines is 1. The standard InChI is InChI=1S/C13H14N2O/c16-13(12-7-8-14-10-12)15-9-6-11-4-2-1-3-5-11/h1-5,7-8,10,14H,6,9H2,(H,15,16). The van der Waals surface area contributed by atoms with E-state index in [0.29, 0.717) is 12.1 Å². The molecule has 0 aliphatic heterocycles. The van der Waals surface area contributed by atoms with Crippen molar-refractivity contribution in [2.45, 2.75) is 6.42 Å². The summed E-state index contributed by atoms with van der Waals surface area (Å²) in [5, 5.41) is 2.87. The summed E-state index contributed by atoms with van der Waals surface area (Å²) in [6.07, 6.45) is 4.29. The number of aromatic nitrogens is 1. The molecule has 0 bridgehead atoms. The van der Waals surface area contributed by atoms with Crippen LogP contribution in [0.2, 0.25) is 0 Å². The number of carbonyl (C=O) groups excluding carboxylic acids is 1. The van der Waals surface area contributed by atoms with E-state index in [1.165, 1.54) is 5.56 Å². The van der Waals surface area contributed by atoms with Gasteiger partial charge in [-0.3, -0.25) is 4.79 Å². The molecule has 1 aromatic carbocycles. The van der Waals surface area contributed by atoms with Crippen LogP contribution in [0.25, 0.3) is 0 Å². The minimum absolute atomic E-state index is 0.0304. The molecule has 0 aliphatic carbocycles. The van der Waals surface area contributed by atoms with Gasteiger partial charge in [0.05, 0.1) is 5.56 Å². The Morgan fingerprint density at radius 3 is 2.69 bits per heavy atom. The van der Waals surface area contributed by atoms with Gasteiger partial charge in [-0.1, -0.05) is 30.3 Å². The minimum Gasteiger partial charge on any atom is -0.367 e. The third-order valence-electron chi connectivity index (χ3n) is 2.40. The summed E-state index contributed by atoms with van der Waals surface area (Å²) in [4.78, 5) is 14.4. The van der Waals surface area contributed by atoms with Crippen molar-refractivity contribution in [3.8, 4) is 0 Å². The summed E-state index contributed by atoms with van der Waals surface area (Å²) in [5.74, 6) is -0.0304. The van der Waals surface area contributed by atoms with Crippen molar-refractivity contribution in [3.63, 3.8) is 0 Å². The Kier molecular flexibility index (Phi) is 3.38. The lowest BCUT2D eigenvalue weighted by Gasteiger charge is -2.03. The van der Waals surface area contributed by atoms with Crippen LogP contribution in [-0.4, -0.2) is 17.4 Å². The molecule has 2 aromatic rings. The van der Waals surface area contributed by atoms with Crippen LogP contribution < -0.4 is 5.32 Å².